The van der Waals surface area contributed by atoms with Gasteiger partial charge in [-0.2, -0.15) is 0 Å². The summed E-state index contributed by atoms with van der Waals surface area (Å²) < 4.78 is 2.82. The normalized spacial score (nSPS) is 11.6. The van der Waals surface area contributed by atoms with Gasteiger partial charge in [0.2, 0.25) is 0 Å². The van der Waals surface area contributed by atoms with Crippen molar-refractivity contribution in [2.24, 2.45) is 0 Å². The van der Waals surface area contributed by atoms with Gasteiger partial charge in [0.25, 0.3) is 0 Å². The van der Waals surface area contributed by atoms with Crippen molar-refractivity contribution in [3.63, 3.8) is 0 Å². The van der Waals surface area contributed by atoms with Crippen LogP contribution in [0.4, 0.5) is 0 Å². The molecule has 124 valence electrons. The third kappa shape index (κ3) is 2.24. The van der Waals surface area contributed by atoms with Crippen LogP contribution in [0.3, 0.4) is 0 Å². The Morgan fingerprint density at radius 2 is 1.15 bits per heavy atom. The summed E-state index contributed by atoms with van der Waals surface area (Å²) in [4.78, 5) is 2.77. The van der Waals surface area contributed by atoms with Gasteiger partial charge in [-0.3, -0.25) is 0 Å². The molecular weight excluding hydrogens is 352 g/mol. The van der Waals surface area contributed by atoms with Gasteiger partial charge in [-0.05, 0) is 46.9 Å². The van der Waals surface area contributed by atoms with Crippen molar-refractivity contribution >= 4 is 42.8 Å². The van der Waals surface area contributed by atoms with Crippen molar-refractivity contribution in [3.8, 4) is 46.9 Å². The molecule has 0 bridgehead atoms. The molecular formula is C24H16S2. The SMILES string of the molecule is C#CCCc1cc2ccc3c(c2s1)-c1ccc2cc(CCC#C)sc2c1-3. The highest BCUT2D eigenvalue weighted by molar-refractivity contribution is 7.20. The highest BCUT2D eigenvalue weighted by Crippen LogP contribution is 2.56. The van der Waals surface area contributed by atoms with Gasteiger partial charge >= 0.3 is 0 Å². The van der Waals surface area contributed by atoms with Crippen molar-refractivity contribution < 1.29 is 0 Å². The summed E-state index contributed by atoms with van der Waals surface area (Å²) >= 11 is 3.80. The molecule has 2 heterocycles. The summed E-state index contributed by atoms with van der Waals surface area (Å²) in [5, 5.41) is 2.68. The van der Waals surface area contributed by atoms with E-state index in [1.165, 1.54) is 52.2 Å². The minimum Gasteiger partial charge on any atom is -0.140 e. The van der Waals surface area contributed by atoms with Crippen LogP contribution in [0, 0.1) is 24.7 Å². The molecule has 0 radical (unpaired) electrons. The molecule has 1 aliphatic rings. The summed E-state index contributed by atoms with van der Waals surface area (Å²) in [5.74, 6) is 5.50. The van der Waals surface area contributed by atoms with Gasteiger partial charge in [0.1, 0.15) is 0 Å². The van der Waals surface area contributed by atoms with Crippen LogP contribution >= 0.6 is 22.7 Å². The van der Waals surface area contributed by atoms with E-state index < -0.39 is 0 Å². The molecule has 0 amide bonds. The number of hydrogen-bond donors (Lipinski definition) is 0. The molecule has 5 rings (SSSR count). The van der Waals surface area contributed by atoms with Gasteiger partial charge in [0, 0.05) is 43.1 Å². The zero-order valence-corrected chi connectivity index (χ0v) is 15.9. The number of aryl methyl sites for hydroxylation is 2. The predicted molar refractivity (Wildman–Crippen MR) is 116 cm³/mol. The van der Waals surface area contributed by atoms with E-state index in [2.05, 4.69) is 48.2 Å². The largest absolute Gasteiger partial charge is 0.140 e. The Morgan fingerprint density at radius 3 is 1.58 bits per heavy atom. The van der Waals surface area contributed by atoms with E-state index in [9.17, 15) is 0 Å². The highest BCUT2D eigenvalue weighted by Gasteiger charge is 2.28. The van der Waals surface area contributed by atoms with Crippen LogP contribution in [0.5, 0.6) is 0 Å². The average molecular weight is 369 g/mol. The molecule has 0 spiro atoms. The van der Waals surface area contributed by atoms with Gasteiger partial charge in [-0.15, -0.1) is 47.4 Å². The third-order valence-electron chi connectivity index (χ3n) is 5.05. The van der Waals surface area contributed by atoms with Crippen LogP contribution in [-0.4, -0.2) is 0 Å². The van der Waals surface area contributed by atoms with E-state index in [4.69, 9.17) is 12.8 Å². The first-order chi connectivity index (χ1) is 12.8. The van der Waals surface area contributed by atoms with Gasteiger partial charge in [0.05, 0.1) is 0 Å². The van der Waals surface area contributed by atoms with E-state index >= 15 is 0 Å². The van der Waals surface area contributed by atoms with E-state index in [1.807, 2.05) is 22.7 Å². The molecule has 0 fully saturated rings. The first kappa shape index (κ1) is 15.7. The van der Waals surface area contributed by atoms with E-state index in [-0.39, 0.29) is 0 Å². The van der Waals surface area contributed by atoms with Gasteiger partial charge in [-0.1, -0.05) is 24.3 Å². The molecule has 0 saturated carbocycles. The lowest BCUT2D eigenvalue weighted by Crippen LogP contribution is -1.98. The summed E-state index contributed by atoms with van der Waals surface area (Å²) in [6, 6.07) is 13.7. The minimum absolute atomic E-state index is 0.807. The Labute approximate surface area is 161 Å². The van der Waals surface area contributed by atoms with E-state index in [1.54, 1.807) is 0 Å². The Morgan fingerprint density at radius 1 is 0.692 bits per heavy atom. The summed E-state index contributed by atoms with van der Waals surface area (Å²) in [7, 11) is 0. The molecule has 2 aromatic heterocycles. The number of terminal acetylenes is 2. The topological polar surface area (TPSA) is 0 Å². The lowest BCUT2D eigenvalue weighted by Gasteiger charge is -2.25. The predicted octanol–water partition coefficient (Wildman–Crippen LogP) is 6.90. The molecule has 0 atom stereocenters. The second-order valence-electron chi connectivity index (χ2n) is 6.65. The van der Waals surface area contributed by atoms with Crippen molar-refractivity contribution in [3.05, 3.63) is 46.2 Å². The van der Waals surface area contributed by atoms with Crippen molar-refractivity contribution in [1.29, 1.82) is 0 Å². The van der Waals surface area contributed by atoms with Crippen molar-refractivity contribution in [2.75, 3.05) is 0 Å². The maximum absolute atomic E-state index is 5.43. The maximum Gasteiger partial charge on any atom is 0.0430 e. The van der Waals surface area contributed by atoms with Gasteiger partial charge in [-0.25, -0.2) is 0 Å². The first-order valence-electron chi connectivity index (χ1n) is 8.78. The Hall–Kier alpha value is -2.52. The zero-order chi connectivity index (χ0) is 17.7. The van der Waals surface area contributed by atoms with Crippen LogP contribution < -0.4 is 0 Å². The van der Waals surface area contributed by atoms with Crippen LogP contribution in [0.1, 0.15) is 22.6 Å². The molecule has 0 N–H and O–H groups in total. The number of thiophene rings is 2. The molecule has 26 heavy (non-hydrogen) atoms. The number of hydrogen-bond acceptors (Lipinski definition) is 2. The molecule has 0 saturated heterocycles. The van der Waals surface area contributed by atoms with E-state index in [0.29, 0.717) is 0 Å². The van der Waals surface area contributed by atoms with Crippen LogP contribution in [0.15, 0.2) is 36.4 Å². The fourth-order valence-corrected chi connectivity index (χ4v) is 6.28. The second-order valence-corrected chi connectivity index (χ2v) is 8.92. The fourth-order valence-electron chi connectivity index (χ4n) is 3.84. The number of benzene rings is 2. The standard InChI is InChI=1S/C24H16S2/c1-3-5-7-17-13-15-9-11-19-21(23(15)25-17)20-12-10-16-14-18(8-6-4-2)26-24(16)22(19)20/h1-2,9-14H,5-8H2. The second kappa shape index (κ2) is 6.03. The molecule has 0 nitrogen and oxygen atoms in total. The van der Waals surface area contributed by atoms with E-state index in [0.717, 1.165) is 25.7 Å². The Balaban J connectivity index is 1.63. The van der Waals surface area contributed by atoms with Gasteiger partial charge in [0.15, 0.2) is 0 Å². The third-order valence-corrected chi connectivity index (χ3v) is 7.50. The highest BCUT2D eigenvalue weighted by atomic mass is 32.1. The first-order valence-corrected chi connectivity index (χ1v) is 10.4. The lowest BCUT2D eigenvalue weighted by atomic mass is 9.79. The molecule has 2 aromatic carbocycles. The molecule has 4 aromatic rings. The molecule has 2 heteroatoms. The maximum atomic E-state index is 5.43. The van der Waals surface area contributed by atoms with Crippen LogP contribution in [0.2, 0.25) is 0 Å². The fraction of sp³-hybridized carbons (Fsp3) is 0.167. The average Bonchev–Trinajstić information content (AvgIpc) is 3.22. The van der Waals surface area contributed by atoms with Crippen molar-refractivity contribution in [1.82, 2.24) is 0 Å². The Kier molecular flexibility index (Phi) is 3.64. The van der Waals surface area contributed by atoms with Crippen molar-refractivity contribution in [2.45, 2.75) is 25.7 Å². The number of fused-ring (bicyclic) bond motifs is 8. The minimum atomic E-state index is 0.807. The molecule has 0 unspecified atom stereocenters. The monoisotopic (exact) mass is 368 g/mol. The molecule has 1 aliphatic carbocycles. The van der Waals surface area contributed by atoms with Crippen LogP contribution in [-0.2, 0) is 12.8 Å². The number of rotatable bonds is 4. The van der Waals surface area contributed by atoms with Crippen LogP contribution in [0.25, 0.3) is 42.4 Å². The zero-order valence-electron chi connectivity index (χ0n) is 14.3. The lowest BCUT2D eigenvalue weighted by molar-refractivity contribution is 1.06. The van der Waals surface area contributed by atoms with Gasteiger partial charge < -0.3 is 0 Å². The molecule has 0 aliphatic heterocycles. The summed E-state index contributed by atoms with van der Waals surface area (Å²) in [6.07, 6.45) is 14.4. The summed E-state index contributed by atoms with van der Waals surface area (Å²) in [5.41, 5.74) is 5.65. The smallest absolute Gasteiger partial charge is 0.0430 e. The quantitative estimate of drug-likeness (QED) is 0.303. The summed E-state index contributed by atoms with van der Waals surface area (Å²) in [6.45, 7) is 0. The Bertz CT molecular complexity index is 1140.